The molecule has 0 aliphatic carbocycles. The molecule has 158 valence electrons. The summed E-state index contributed by atoms with van der Waals surface area (Å²) in [7, 11) is 2.21. The van der Waals surface area contributed by atoms with Crippen LogP contribution in [0, 0.1) is 0 Å². The van der Waals surface area contributed by atoms with Crippen molar-refractivity contribution >= 4 is 27.6 Å². The minimum absolute atomic E-state index is 0.246. The summed E-state index contributed by atoms with van der Waals surface area (Å²) in [5.41, 5.74) is 10.9. The van der Waals surface area contributed by atoms with Crippen LogP contribution in [0.15, 0.2) is 24.3 Å². The van der Waals surface area contributed by atoms with Crippen molar-refractivity contribution in [1.82, 2.24) is 14.9 Å². The third-order valence-corrected chi connectivity index (χ3v) is 5.79. The maximum Gasteiger partial charge on any atom is 0.133 e. The summed E-state index contributed by atoms with van der Waals surface area (Å²) in [6.45, 7) is 11.2. The normalized spacial score (nSPS) is 12.5. The number of anilines is 1. The molecule has 0 spiro atoms. The molecule has 0 atom stereocenters. The first kappa shape index (κ1) is 21.6. The molecule has 29 heavy (non-hydrogen) atoms. The average molecular weight is 397 g/mol. The van der Waals surface area contributed by atoms with E-state index in [1.54, 1.807) is 0 Å². The van der Waals surface area contributed by atoms with Crippen LogP contribution in [0.1, 0.15) is 58.2 Å². The number of nitrogens with zero attached hydrogens (tertiary/aromatic N) is 2. The van der Waals surface area contributed by atoms with Gasteiger partial charge in [0.1, 0.15) is 5.82 Å². The number of aromatic nitrogens is 2. The van der Waals surface area contributed by atoms with Crippen LogP contribution in [0.4, 0.5) is 5.82 Å². The van der Waals surface area contributed by atoms with Gasteiger partial charge in [-0.15, -0.1) is 0 Å². The Morgan fingerprint density at radius 3 is 2.62 bits per heavy atom. The van der Waals surface area contributed by atoms with E-state index < -0.39 is 0 Å². The van der Waals surface area contributed by atoms with Crippen molar-refractivity contribution in [2.45, 2.75) is 65.5 Å². The largest absolute Gasteiger partial charge is 0.383 e. The van der Waals surface area contributed by atoms with Crippen LogP contribution in [-0.2, 0) is 17.8 Å². The highest BCUT2D eigenvalue weighted by molar-refractivity contribution is 6.08. The molecule has 0 aliphatic rings. The smallest absolute Gasteiger partial charge is 0.133 e. The van der Waals surface area contributed by atoms with Crippen LogP contribution in [0.3, 0.4) is 0 Å². The molecule has 0 aliphatic heterocycles. The Bertz CT molecular complexity index is 955. The van der Waals surface area contributed by atoms with Gasteiger partial charge in [0, 0.05) is 28.6 Å². The zero-order valence-corrected chi connectivity index (χ0v) is 18.6. The summed E-state index contributed by atoms with van der Waals surface area (Å²) in [5, 5.41) is 2.09. The van der Waals surface area contributed by atoms with Gasteiger partial charge in [-0.2, -0.15) is 0 Å². The molecule has 0 amide bonds. The fraction of sp³-hybridized carbons (Fsp3) is 0.542. The maximum atomic E-state index is 6.24. The predicted octanol–water partition coefficient (Wildman–Crippen LogP) is 5.28. The van der Waals surface area contributed by atoms with Crippen LogP contribution < -0.4 is 5.73 Å². The van der Waals surface area contributed by atoms with Crippen molar-refractivity contribution in [2.24, 2.45) is 0 Å². The third kappa shape index (κ3) is 5.28. The Morgan fingerprint density at radius 2 is 1.90 bits per heavy atom. The fourth-order valence-electron chi connectivity index (χ4n) is 3.63. The van der Waals surface area contributed by atoms with Gasteiger partial charge in [0.25, 0.3) is 0 Å². The number of unbranched alkanes of at least 4 members (excludes halogenated alkanes) is 2. The second-order valence-corrected chi connectivity index (χ2v) is 8.97. The lowest BCUT2D eigenvalue weighted by Gasteiger charge is -2.31. The van der Waals surface area contributed by atoms with Gasteiger partial charge in [0.2, 0.25) is 0 Å². The van der Waals surface area contributed by atoms with E-state index >= 15 is 0 Å². The monoisotopic (exact) mass is 396 g/mol. The van der Waals surface area contributed by atoms with Crippen LogP contribution in [0.25, 0.3) is 21.8 Å². The molecular formula is C24H36N4O. The topological polar surface area (TPSA) is 67.2 Å². The maximum absolute atomic E-state index is 6.24. The Morgan fingerprint density at radius 1 is 1.10 bits per heavy atom. The highest BCUT2D eigenvalue weighted by atomic mass is 16.5. The molecule has 1 aromatic carbocycles. The lowest BCUT2D eigenvalue weighted by molar-refractivity contribution is 0.132. The number of benzene rings is 1. The Kier molecular flexibility index (Phi) is 6.81. The number of aryl methyl sites for hydroxylation is 1. The minimum atomic E-state index is 0.246. The number of rotatable bonds is 9. The number of nitrogens with one attached hydrogen (secondary N) is 1. The van der Waals surface area contributed by atoms with Crippen molar-refractivity contribution in [3.63, 3.8) is 0 Å². The third-order valence-electron chi connectivity index (χ3n) is 5.79. The van der Waals surface area contributed by atoms with Gasteiger partial charge >= 0.3 is 0 Å². The quantitative estimate of drug-likeness (QED) is 0.483. The first-order valence-electron chi connectivity index (χ1n) is 10.8. The molecule has 2 aromatic heterocycles. The van der Waals surface area contributed by atoms with Gasteiger partial charge < -0.3 is 20.4 Å². The molecule has 0 saturated heterocycles. The van der Waals surface area contributed by atoms with E-state index in [1.165, 1.54) is 24.8 Å². The highest BCUT2D eigenvalue weighted by Crippen LogP contribution is 2.29. The predicted molar refractivity (Wildman–Crippen MR) is 123 cm³/mol. The number of ether oxygens (including phenoxy) is 1. The van der Waals surface area contributed by atoms with Gasteiger partial charge in [0.15, 0.2) is 0 Å². The first-order chi connectivity index (χ1) is 13.8. The summed E-state index contributed by atoms with van der Waals surface area (Å²) in [6.07, 6.45) is 4.75. The van der Waals surface area contributed by atoms with E-state index in [9.17, 15) is 0 Å². The zero-order valence-electron chi connectivity index (χ0n) is 18.6. The summed E-state index contributed by atoms with van der Waals surface area (Å²) in [6, 6.07) is 8.64. The van der Waals surface area contributed by atoms with E-state index in [2.05, 4.69) is 67.0 Å². The summed E-state index contributed by atoms with van der Waals surface area (Å²) < 4.78 is 5.52. The van der Waals surface area contributed by atoms with Crippen molar-refractivity contribution in [1.29, 1.82) is 0 Å². The standard InChI is InChI=1S/C24H36N4O/c1-6-29-16-18-15-20-22(26-18)19-12-11-17(14-21(19)27-23(20)25)10-8-7-9-13-28(5)24(2,3)4/h11-12,14-15,26H,6-10,13,16H2,1-5H3,(H2,25,27). The number of nitrogens with two attached hydrogens (primary N) is 1. The molecule has 5 nitrogen and oxygen atoms in total. The van der Waals surface area contributed by atoms with E-state index in [1.807, 2.05) is 6.92 Å². The number of H-pyrrole nitrogens is 1. The van der Waals surface area contributed by atoms with E-state index in [0.717, 1.165) is 40.5 Å². The van der Waals surface area contributed by atoms with Crippen molar-refractivity contribution in [3.8, 4) is 0 Å². The van der Waals surface area contributed by atoms with E-state index in [4.69, 9.17) is 10.5 Å². The first-order valence-corrected chi connectivity index (χ1v) is 10.8. The second kappa shape index (κ2) is 9.14. The molecule has 0 unspecified atom stereocenters. The number of fused-ring (bicyclic) bond motifs is 3. The van der Waals surface area contributed by atoms with Crippen LogP contribution in [0.2, 0.25) is 0 Å². The van der Waals surface area contributed by atoms with Crippen LogP contribution in [0.5, 0.6) is 0 Å². The minimum Gasteiger partial charge on any atom is -0.383 e. The molecule has 0 fully saturated rings. The number of pyridine rings is 1. The lowest BCUT2D eigenvalue weighted by atomic mass is 10.0. The average Bonchev–Trinajstić information content (AvgIpc) is 3.10. The van der Waals surface area contributed by atoms with Gasteiger partial charge in [0.05, 0.1) is 17.6 Å². The molecule has 0 radical (unpaired) electrons. The van der Waals surface area contributed by atoms with Crippen LogP contribution >= 0.6 is 0 Å². The lowest BCUT2D eigenvalue weighted by Crippen LogP contribution is -2.38. The van der Waals surface area contributed by atoms with Gasteiger partial charge in [-0.25, -0.2) is 4.98 Å². The summed E-state index contributed by atoms with van der Waals surface area (Å²) in [5.74, 6) is 0.578. The Hall–Kier alpha value is -2.11. The number of nitrogen functional groups attached to an aromatic ring is 1. The van der Waals surface area contributed by atoms with Gasteiger partial charge in [-0.3, -0.25) is 0 Å². The van der Waals surface area contributed by atoms with E-state index in [0.29, 0.717) is 19.0 Å². The molecule has 5 heteroatoms. The van der Waals surface area contributed by atoms with Gasteiger partial charge in [-0.1, -0.05) is 18.6 Å². The fourth-order valence-corrected chi connectivity index (χ4v) is 3.63. The molecule has 0 saturated carbocycles. The Balaban J connectivity index is 1.66. The van der Waals surface area contributed by atoms with Crippen LogP contribution in [-0.4, -0.2) is 40.6 Å². The zero-order chi connectivity index (χ0) is 21.0. The van der Waals surface area contributed by atoms with Gasteiger partial charge in [-0.05, 0) is 78.2 Å². The highest BCUT2D eigenvalue weighted by Gasteiger charge is 2.15. The summed E-state index contributed by atoms with van der Waals surface area (Å²) >= 11 is 0. The molecular weight excluding hydrogens is 360 g/mol. The van der Waals surface area contributed by atoms with Crippen molar-refractivity contribution in [2.75, 3.05) is 25.9 Å². The van der Waals surface area contributed by atoms with E-state index in [-0.39, 0.29) is 5.54 Å². The number of hydrogen-bond donors (Lipinski definition) is 2. The molecule has 0 bridgehead atoms. The number of hydrogen-bond acceptors (Lipinski definition) is 4. The van der Waals surface area contributed by atoms with Crippen molar-refractivity contribution in [3.05, 3.63) is 35.5 Å². The Labute approximate surface area is 174 Å². The SMILES string of the molecule is CCOCc1cc2c(N)nc3cc(CCCCCN(C)C(C)(C)C)ccc3c2[nH]1. The molecule has 3 rings (SSSR count). The summed E-state index contributed by atoms with van der Waals surface area (Å²) in [4.78, 5) is 10.6. The molecule has 3 aromatic rings. The molecule has 2 heterocycles. The second-order valence-electron chi connectivity index (χ2n) is 8.97. The number of aromatic amines is 1. The van der Waals surface area contributed by atoms with Crippen molar-refractivity contribution < 1.29 is 4.74 Å². The molecule has 3 N–H and O–H groups in total.